The zero-order valence-corrected chi connectivity index (χ0v) is 6.23. The minimum absolute atomic E-state index is 0.102. The smallest absolute Gasteiger partial charge is 0.347 e. The number of esters is 1. The highest BCUT2D eigenvalue weighted by Gasteiger charge is 2.41. The third kappa shape index (κ3) is 3.25. The lowest BCUT2D eigenvalue weighted by molar-refractivity contribution is -0.163. The molecule has 0 aromatic heterocycles. The first-order chi connectivity index (χ1) is 4.89. The van der Waals surface area contributed by atoms with Crippen molar-refractivity contribution >= 4 is 5.97 Å². The molecule has 66 valence electrons. The van der Waals surface area contributed by atoms with Crippen LogP contribution in [0.15, 0.2) is 0 Å². The second-order valence-corrected chi connectivity index (χ2v) is 2.07. The van der Waals surface area contributed by atoms with Crippen molar-refractivity contribution in [2.75, 3.05) is 6.61 Å². The van der Waals surface area contributed by atoms with Gasteiger partial charge in [-0.05, 0) is 6.92 Å². The molecule has 0 unspecified atom stereocenters. The molecule has 0 N–H and O–H groups in total. The van der Waals surface area contributed by atoms with Crippen LogP contribution in [0.4, 0.5) is 13.2 Å². The molecule has 0 saturated heterocycles. The molecule has 0 saturated carbocycles. The summed E-state index contributed by atoms with van der Waals surface area (Å²) in [4.78, 5) is 10.3. The first-order valence-corrected chi connectivity index (χ1v) is 3.08. The molecule has 2 nitrogen and oxygen atoms in total. The van der Waals surface area contributed by atoms with Gasteiger partial charge in [-0.1, -0.05) is 0 Å². The zero-order valence-electron chi connectivity index (χ0n) is 6.23. The summed E-state index contributed by atoms with van der Waals surface area (Å²) in [5.41, 5.74) is 0. The summed E-state index contributed by atoms with van der Waals surface area (Å²) in [6.45, 7) is 1.64. The number of alkyl halides is 3. The average molecular weight is 170 g/mol. The van der Waals surface area contributed by atoms with Crippen molar-refractivity contribution in [2.45, 2.75) is 25.9 Å². The van der Waals surface area contributed by atoms with E-state index in [4.69, 9.17) is 0 Å². The highest BCUT2D eigenvalue weighted by atomic mass is 19.3. The fourth-order valence-electron chi connectivity index (χ4n) is 0.422. The molecular weight excluding hydrogens is 161 g/mol. The number of carbonyl (C=O) groups is 1. The van der Waals surface area contributed by atoms with Crippen molar-refractivity contribution in [3.63, 3.8) is 0 Å². The Morgan fingerprint density at radius 2 is 2.09 bits per heavy atom. The van der Waals surface area contributed by atoms with Gasteiger partial charge in [0.05, 0.1) is 6.61 Å². The Balaban J connectivity index is 4.03. The third-order valence-electron chi connectivity index (χ3n) is 0.939. The first-order valence-electron chi connectivity index (χ1n) is 3.08. The molecule has 0 spiro atoms. The Labute approximate surface area is 62.3 Å². The SMILES string of the molecule is CCOC(=O)[C@H](F)C(C)(F)F. The first kappa shape index (κ1) is 10.3. The van der Waals surface area contributed by atoms with Crippen molar-refractivity contribution in [3.8, 4) is 0 Å². The van der Waals surface area contributed by atoms with Crippen LogP contribution in [-0.2, 0) is 9.53 Å². The topological polar surface area (TPSA) is 26.3 Å². The molecule has 0 aromatic carbocycles. The minimum Gasteiger partial charge on any atom is -0.464 e. The maximum absolute atomic E-state index is 12.3. The zero-order chi connectivity index (χ0) is 9.07. The molecule has 0 bridgehead atoms. The Morgan fingerprint density at radius 3 is 2.36 bits per heavy atom. The Morgan fingerprint density at radius 1 is 1.64 bits per heavy atom. The summed E-state index contributed by atoms with van der Waals surface area (Å²) in [6.07, 6.45) is -2.86. The predicted octanol–water partition coefficient (Wildman–Crippen LogP) is 1.54. The molecular formula is C6H9F3O2. The normalized spacial score (nSPS) is 14.3. The quantitative estimate of drug-likeness (QED) is 0.600. The van der Waals surface area contributed by atoms with Gasteiger partial charge in [0.2, 0.25) is 0 Å². The van der Waals surface area contributed by atoms with E-state index in [2.05, 4.69) is 4.74 Å². The van der Waals surface area contributed by atoms with Crippen LogP contribution in [0.25, 0.3) is 0 Å². The molecule has 0 amide bonds. The van der Waals surface area contributed by atoms with Gasteiger partial charge in [0.25, 0.3) is 12.1 Å². The van der Waals surface area contributed by atoms with Crippen LogP contribution < -0.4 is 0 Å². The van der Waals surface area contributed by atoms with E-state index in [0.29, 0.717) is 6.92 Å². The van der Waals surface area contributed by atoms with Gasteiger partial charge in [0.1, 0.15) is 0 Å². The lowest BCUT2D eigenvalue weighted by atomic mass is 10.2. The standard InChI is InChI=1S/C6H9F3O2/c1-3-11-5(10)4(7)6(2,8)9/h4H,3H2,1-2H3/t4-/m0/s1. The lowest BCUT2D eigenvalue weighted by Gasteiger charge is -2.13. The number of carbonyl (C=O) groups excluding carboxylic acids is 1. The average Bonchev–Trinajstić information content (AvgIpc) is 1.85. The van der Waals surface area contributed by atoms with E-state index >= 15 is 0 Å². The summed E-state index contributed by atoms with van der Waals surface area (Å²) in [7, 11) is 0. The molecule has 0 aromatic rings. The number of rotatable bonds is 3. The van der Waals surface area contributed by atoms with E-state index in [-0.39, 0.29) is 6.61 Å². The largest absolute Gasteiger partial charge is 0.464 e. The minimum atomic E-state index is -3.66. The van der Waals surface area contributed by atoms with Crippen LogP contribution in [-0.4, -0.2) is 24.7 Å². The molecule has 0 aliphatic rings. The molecule has 1 atom stereocenters. The highest BCUT2D eigenvalue weighted by Crippen LogP contribution is 2.21. The number of ether oxygens (including phenoxy) is 1. The van der Waals surface area contributed by atoms with Gasteiger partial charge in [-0.25, -0.2) is 18.0 Å². The molecule has 0 fully saturated rings. The lowest BCUT2D eigenvalue weighted by Crippen LogP contribution is -2.35. The van der Waals surface area contributed by atoms with Crippen molar-refractivity contribution in [1.82, 2.24) is 0 Å². The van der Waals surface area contributed by atoms with Crippen LogP contribution in [0.2, 0.25) is 0 Å². The fourth-order valence-corrected chi connectivity index (χ4v) is 0.422. The summed E-state index contributed by atoms with van der Waals surface area (Å²) < 4.78 is 40.3. The van der Waals surface area contributed by atoms with E-state index < -0.39 is 18.1 Å². The number of hydrogen-bond donors (Lipinski definition) is 0. The summed E-state index contributed by atoms with van der Waals surface area (Å²) in [6, 6.07) is 0. The Hall–Kier alpha value is -0.740. The van der Waals surface area contributed by atoms with Crippen LogP contribution in [0.5, 0.6) is 0 Å². The second kappa shape index (κ2) is 3.59. The molecule has 0 rings (SSSR count). The van der Waals surface area contributed by atoms with E-state index in [1.165, 1.54) is 6.92 Å². The predicted molar refractivity (Wildman–Crippen MR) is 32.1 cm³/mol. The van der Waals surface area contributed by atoms with E-state index in [0.717, 1.165) is 0 Å². The van der Waals surface area contributed by atoms with Crippen molar-refractivity contribution in [2.24, 2.45) is 0 Å². The molecule has 11 heavy (non-hydrogen) atoms. The van der Waals surface area contributed by atoms with Crippen LogP contribution in [0.3, 0.4) is 0 Å². The van der Waals surface area contributed by atoms with Gasteiger partial charge in [-0.15, -0.1) is 0 Å². The van der Waals surface area contributed by atoms with Gasteiger partial charge in [0, 0.05) is 6.92 Å². The molecule has 0 aliphatic carbocycles. The third-order valence-corrected chi connectivity index (χ3v) is 0.939. The Bertz CT molecular complexity index is 141. The van der Waals surface area contributed by atoms with Crippen molar-refractivity contribution < 1.29 is 22.7 Å². The molecule has 0 heterocycles. The summed E-state index contributed by atoms with van der Waals surface area (Å²) in [5.74, 6) is -5.17. The van der Waals surface area contributed by atoms with E-state index in [1.54, 1.807) is 0 Å². The monoisotopic (exact) mass is 170 g/mol. The van der Waals surface area contributed by atoms with Crippen LogP contribution in [0, 0.1) is 0 Å². The van der Waals surface area contributed by atoms with E-state index in [9.17, 15) is 18.0 Å². The highest BCUT2D eigenvalue weighted by molar-refractivity contribution is 5.75. The van der Waals surface area contributed by atoms with E-state index in [1.807, 2.05) is 0 Å². The van der Waals surface area contributed by atoms with Crippen molar-refractivity contribution in [1.29, 1.82) is 0 Å². The van der Waals surface area contributed by atoms with Gasteiger partial charge >= 0.3 is 5.97 Å². The van der Waals surface area contributed by atoms with Gasteiger partial charge < -0.3 is 4.74 Å². The summed E-state index contributed by atoms with van der Waals surface area (Å²) >= 11 is 0. The van der Waals surface area contributed by atoms with Crippen molar-refractivity contribution in [3.05, 3.63) is 0 Å². The Kier molecular flexibility index (Phi) is 3.35. The second-order valence-electron chi connectivity index (χ2n) is 2.07. The summed E-state index contributed by atoms with van der Waals surface area (Å²) in [5, 5.41) is 0. The van der Waals surface area contributed by atoms with Crippen LogP contribution in [0.1, 0.15) is 13.8 Å². The molecule has 5 heteroatoms. The van der Waals surface area contributed by atoms with Gasteiger partial charge in [-0.3, -0.25) is 0 Å². The number of hydrogen-bond acceptors (Lipinski definition) is 2. The maximum atomic E-state index is 12.3. The number of halogens is 3. The fraction of sp³-hybridized carbons (Fsp3) is 0.833. The van der Waals surface area contributed by atoms with Gasteiger partial charge in [0.15, 0.2) is 0 Å². The van der Waals surface area contributed by atoms with Gasteiger partial charge in [-0.2, -0.15) is 0 Å². The van der Waals surface area contributed by atoms with Crippen LogP contribution >= 0.6 is 0 Å². The molecule has 0 radical (unpaired) electrons. The maximum Gasteiger partial charge on any atom is 0.347 e. The molecule has 0 aliphatic heterocycles.